The molecule has 4 aliphatic heterocycles. The highest BCUT2D eigenvalue weighted by atomic mass is 16.6. The van der Waals surface area contributed by atoms with E-state index in [1.54, 1.807) is 57.2 Å². The van der Waals surface area contributed by atoms with Crippen LogP contribution in [0.2, 0.25) is 0 Å². The Kier molecular flexibility index (Phi) is 28.9. The summed E-state index contributed by atoms with van der Waals surface area (Å²) in [6.45, 7) is 11.6. The minimum Gasteiger partial charge on any atom is -0.455 e. The van der Waals surface area contributed by atoms with Crippen molar-refractivity contribution in [1.29, 1.82) is 0 Å². The Bertz CT molecular complexity index is 1540. The average molecular weight is 1010 g/mol. The third kappa shape index (κ3) is 21.8. The number of fused-ring (bicyclic) bond motifs is 6. The Labute approximate surface area is 431 Å². The second kappa shape index (κ2) is 34.4. The molecule has 4 rings (SSSR count). The van der Waals surface area contributed by atoms with Crippen LogP contribution in [-0.4, -0.2) is 110 Å². The molecule has 0 aromatic heterocycles. The SMILES string of the molecule is CCCCCCCCCC(=O)NC[C@H]1OC(=O)[C@@H]2O[C@@H](C=C[C@@H]2C)[C@@H](CNC(=O)CCCCCCCCC)OC(=O)[C@@H]2O[C@@H](C=C[C@@H]2C)[C@@H](CNC(=O)CCCCCCCCC)OC(=O)[C@@H]2O[C@H]1C=C[C@@H]2C. The first kappa shape index (κ1) is 60.5. The maximum absolute atomic E-state index is 14.3. The number of amides is 3. The second-order valence-electron chi connectivity index (χ2n) is 20.7. The van der Waals surface area contributed by atoms with Crippen LogP contribution in [0.15, 0.2) is 36.5 Å². The van der Waals surface area contributed by atoms with Crippen LogP contribution in [0, 0.1) is 17.8 Å². The summed E-state index contributed by atoms with van der Waals surface area (Å²) in [5.74, 6) is -4.22. The molecule has 15 nitrogen and oxygen atoms in total. The molecular weight excluding hydrogens is 919 g/mol. The van der Waals surface area contributed by atoms with E-state index in [-0.39, 0.29) is 37.4 Å². The standard InChI is InChI=1S/C57H93N3O12/c1-7-10-13-16-19-22-25-28-49(61)58-37-46-43-34-31-40(4)53(67-43)56(65)71-48(39-60-51(63)30-27-24-21-18-15-12-9-3)45-36-33-42(6)54(69-45)57(66)72-47(44-35-32-41(5)52(68-44)55(64)70-46)38-59-50(62)29-26-23-20-17-14-11-8-2/h31-36,40-48,52-54H,7-30,37-39H2,1-6H3,(H,58,61)(H,59,62)(H,60,63)/t40-,41-,42-,43-,44-,45-,46+,47+,48+,52+,53+,54+/m0/s1. The van der Waals surface area contributed by atoms with E-state index in [9.17, 15) is 28.8 Å². The number of cyclic esters (lactones) is 3. The number of nitrogens with one attached hydrogen (secondary N) is 3. The number of hydrogen-bond acceptors (Lipinski definition) is 12. The number of hydrogen-bond donors (Lipinski definition) is 3. The lowest BCUT2D eigenvalue weighted by Crippen LogP contribution is -2.53. The van der Waals surface area contributed by atoms with Crippen molar-refractivity contribution in [3.8, 4) is 0 Å². The molecule has 408 valence electrons. The summed E-state index contributed by atoms with van der Waals surface area (Å²) >= 11 is 0. The molecule has 4 aliphatic rings. The lowest BCUT2D eigenvalue weighted by atomic mass is 9.96. The molecule has 0 aromatic carbocycles. The van der Waals surface area contributed by atoms with Crippen molar-refractivity contribution in [2.75, 3.05) is 19.6 Å². The molecule has 0 saturated carbocycles. The molecule has 3 N–H and O–H groups in total. The quantitative estimate of drug-likeness (QED) is 0.0268. The van der Waals surface area contributed by atoms with Crippen molar-refractivity contribution in [2.45, 2.75) is 251 Å². The fourth-order valence-corrected chi connectivity index (χ4v) is 9.58. The molecular formula is C57H93N3O12. The number of esters is 3. The molecule has 0 aromatic rings. The number of unbranched alkanes of at least 4 members (excludes halogenated alkanes) is 18. The first-order valence-electron chi connectivity index (χ1n) is 28.3. The molecule has 0 aliphatic carbocycles. The van der Waals surface area contributed by atoms with Crippen molar-refractivity contribution >= 4 is 35.6 Å². The normalized spacial score (nSPS) is 28.5. The summed E-state index contributed by atoms with van der Waals surface area (Å²) in [4.78, 5) is 82.7. The predicted molar refractivity (Wildman–Crippen MR) is 277 cm³/mol. The first-order valence-corrected chi connectivity index (χ1v) is 28.3. The van der Waals surface area contributed by atoms with Crippen LogP contribution in [0.3, 0.4) is 0 Å². The smallest absolute Gasteiger partial charge is 0.336 e. The summed E-state index contributed by atoms with van der Waals surface area (Å²) in [7, 11) is 0. The van der Waals surface area contributed by atoms with Gasteiger partial charge in [0.2, 0.25) is 17.7 Å². The molecule has 1 saturated heterocycles. The van der Waals surface area contributed by atoms with Gasteiger partial charge in [-0.2, -0.15) is 0 Å². The minimum absolute atomic E-state index is 0.106. The zero-order valence-corrected chi connectivity index (χ0v) is 44.9. The lowest BCUT2D eigenvalue weighted by molar-refractivity contribution is -0.198. The second-order valence-corrected chi connectivity index (χ2v) is 20.7. The number of ether oxygens (including phenoxy) is 6. The van der Waals surface area contributed by atoms with Crippen LogP contribution in [0.25, 0.3) is 0 Å². The molecule has 15 heteroatoms. The Balaban J connectivity index is 1.60. The van der Waals surface area contributed by atoms with Crippen molar-refractivity contribution in [3.63, 3.8) is 0 Å². The summed E-state index contributed by atoms with van der Waals surface area (Å²) in [5.41, 5.74) is 0. The van der Waals surface area contributed by atoms with Crippen molar-refractivity contribution in [1.82, 2.24) is 16.0 Å². The van der Waals surface area contributed by atoms with Crippen LogP contribution >= 0.6 is 0 Å². The minimum atomic E-state index is -1.17. The Hall–Kier alpha value is -4.08. The highest BCUT2D eigenvalue weighted by molar-refractivity contribution is 5.79. The molecule has 72 heavy (non-hydrogen) atoms. The van der Waals surface area contributed by atoms with E-state index in [2.05, 4.69) is 36.7 Å². The van der Waals surface area contributed by atoms with Crippen molar-refractivity contribution in [3.05, 3.63) is 36.5 Å². The third-order valence-electron chi connectivity index (χ3n) is 14.3. The molecule has 4 heterocycles. The van der Waals surface area contributed by atoms with Gasteiger partial charge in [0.15, 0.2) is 18.3 Å². The summed E-state index contributed by atoms with van der Waals surface area (Å²) < 4.78 is 38.0. The van der Waals surface area contributed by atoms with Crippen molar-refractivity contribution in [2.24, 2.45) is 17.8 Å². The number of rotatable bonds is 30. The maximum Gasteiger partial charge on any atom is 0.336 e. The molecule has 1 fully saturated rings. The first-order chi connectivity index (χ1) is 34.8. The van der Waals surface area contributed by atoms with Crippen LogP contribution in [-0.2, 0) is 57.2 Å². The van der Waals surface area contributed by atoms with E-state index in [4.69, 9.17) is 28.4 Å². The van der Waals surface area contributed by atoms with E-state index in [0.717, 1.165) is 77.0 Å². The van der Waals surface area contributed by atoms with Gasteiger partial charge in [0.05, 0.1) is 19.6 Å². The number of carbonyl (C=O) groups excluding carboxylic acids is 6. The number of carbonyl (C=O) groups is 6. The van der Waals surface area contributed by atoms with Crippen LogP contribution in [0.4, 0.5) is 0 Å². The van der Waals surface area contributed by atoms with Gasteiger partial charge in [-0.25, -0.2) is 14.4 Å². The maximum atomic E-state index is 14.3. The zero-order chi connectivity index (χ0) is 52.1. The summed E-state index contributed by atoms with van der Waals surface area (Å²) in [6.07, 6.45) is 24.0. The Morgan fingerprint density at radius 3 is 0.861 bits per heavy atom. The largest absolute Gasteiger partial charge is 0.455 e. The van der Waals surface area contributed by atoms with Crippen LogP contribution in [0.5, 0.6) is 0 Å². The zero-order valence-electron chi connectivity index (χ0n) is 44.9. The molecule has 0 radical (unpaired) electrons. The lowest BCUT2D eigenvalue weighted by Gasteiger charge is -2.38. The van der Waals surface area contributed by atoms with Gasteiger partial charge in [-0.3, -0.25) is 14.4 Å². The average Bonchev–Trinajstić information content (AvgIpc) is 3.36. The van der Waals surface area contributed by atoms with Crippen LogP contribution < -0.4 is 16.0 Å². The van der Waals surface area contributed by atoms with E-state index in [0.29, 0.717) is 19.3 Å². The third-order valence-corrected chi connectivity index (χ3v) is 14.3. The highest BCUT2D eigenvalue weighted by Crippen LogP contribution is 2.30. The fraction of sp³-hybridized carbons (Fsp3) is 0.789. The van der Waals surface area contributed by atoms with E-state index in [1.165, 1.54) is 57.8 Å². The molecule has 0 unspecified atom stereocenters. The van der Waals surface area contributed by atoms with Gasteiger partial charge in [0.1, 0.15) is 36.6 Å². The van der Waals surface area contributed by atoms with E-state index < -0.39 is 90.6 Å². The molecule has 6 bridgehead atoms. The van der Waals surface area contributed by atoms with E-state index in [1.807, 2.05) is 0 Å². The Morgan fingerprint density at radius 1 is 0.375 bits per heavy atom. The van der Waals surface area contributed by atoms with Crippen molar-refractivity contribution < 1.29 is 57.2 Å². The van der Waals surface area contributed by atoms with Gasteiger partial charge in [-0.05, 0) is 19.3 Å². The van der Waals surface area contributed by atoms with Gasteiger partial charge < -0.3 is 44.4 Å². The fourth-order valence-electron chi connectivity index (χ4n) is 9.58. The molecule has 12 atom stereocenters. The Morgan fingerprint density at radius 2 is 0.611 bits per heavy atom. The van der Waals surface area contributed by atoms with Gasteiger partial charge in [-0.15, -0.1) is 0 Å². The predicted octanol–water partition coefficient (Wildman–Crippen LogP) is 9.39. The van der Waals surface area contributed by atoms with Crippen LogP contribution in [0.1, 0.15) is 196 Å². The highest BCUT2D eigenvalue weighted by Gasteiger charge is 2.44. The van der Waals surface area contributed by atoms with Gasteiger partial charge in [-0.1, -0.05) is 194 Å². The van der Waals surface area contributed by atoms with E-state index >= 15 is 0 Å². The van der Waals surface area contributed by atoms with Gasteiger partial charge in [0, 0.05) is 37.0 Å². The monoisotopic (exact) mass is 1010 g/mol. The summed E-state index contributed by atoms with van der Waals surface area (Å²) in [6, 6.07) is 0. The molecule has 3 amide bonds. The summed E-state index contributed by atoms with van der Waals surface area (Å²) in [5, 5.41) is 8.82. The van der Waals surface area contributed by atoms with Gasteiger partial charge >= 0.3 is 17.9 Å². The van der Waals surface area contributed by atoms with Gasteiger partial charge in [0.25, 0.3) is 0 Å². The topological polar surface area (TPSA) is 194 Å². The molecule has 0 spiro atoms.